The molecule has 2 aromatic rings. The number of carbonyl (C=O) groups is 2. The number of aryl methyl sites for hydroxylation is 2. The molecule has 1 fully saturated rings. The minimum atomic E-state index is -0.891. The van der Waals surface area contributed by atoms with Gasteiger partial charge in [0.15, 0.2) is 5.69 Å². The Morgan fingerprint density at radius 2 is 2.04 bits per heavy atom. The molecule has 2 aliphatic rings. The van der Waals surface area contributed by atoms with Gasteiger partial charge in [0.25, 0.3) is 5.91 Å². The second kappa shape index (κ2) is 6.21. The third-order valence-corrected chi connectivity index (χ3v) is 6.59. The first-order chi connectivity index (χ1) is 12.4. The number of fused-ring (bicyclic) bond motifs is 2. The van der Waals surface area contributed by atoms with Gasteiger partial charge >= 0.3 is 5.97 Å². The minimum absolute atomic E-state index is 0.0591. The number of amides is 1. The van der Waals surface area contributed by atoms with E-state index in [-0.39, 0.29) is 5.91 Å². The van der Waals surface area contributed by atoms with Gasteiger partial charge in [0, 0.05) is 37.1 Å². The van der Waals surface area contributed by atoms with Crippen LogP contribution in [0.25, 0.3) is 0 Å². The van der Waals surface area contributed by atoms with Gasteiger partial charge < -0.3 is 14.7 Å². The number of thiophene rings is 1. The fraction of sp³-hybridized carbons (Fsp3) is 0.500. The molecular formula is C18H21N3O4S. The van der Waals surface area contributed by atoms with E-state index in [4.69, 9.17) is 4.74 Å². The number of carboxylic acids is 1. The highest BCUT2D eigenvalue weighted by Gasteiger charge is 2.43. The van der Waals surface area contributed by atoms with Gasteiger partial charge in [0.2, 0.25) is 0 Å². The zero-order valence-corrected chi connectivity index (χ0v) is 15.6. The van der Waals surface area contributed by atoms with E-state index in [1.54, 1.807) is 16.8 Å². The molecule has 0 aromatic carbocycles. The van der Waals surface area contributed by atoms with Gasteiger partial charge in [0.05, 0.1) is 12.2 Å². The van der Waals surface area contributed by atoms with E-state index in [9.17, 15) is 14.7 Å². The number of hydrogen-bond donors (Lipinski definition) is 1. The molecule has 0 radical (unpaired) electrons. The lowest BCUT2D eigenvalue weighted by molar-refractivity contribution is -0.0927. The van der Waals surface area contributed by atoms with Crippen molar-refractivity contribution in [3.63, 3.8) is 0 Å². The predicted molar refractivity (Wildman–Crippen MR) is 95.7 cm³/mol. The van der Waals surface area contributed by atoms with Gasteiger partial charge in [-0.15, -0.1) is 11.3 Å². The van der Waals surface area contributed by atoms with Crippen LogP contribution in [0.15, 0.2) is 12.1 Å². The molecule has 0 aliphatic carbocycles. The highest BCUT2D eigenvalue weighted by molar-refractivity contribution is 7.14. The van der Waals surface area contributed by atoms with E-state index in [1.165, 1.54) is 11.3 Å². The molecule has 0 unspecified atom stereocenters. The summed E-state index contributed by atoms with van der Waals surface area (Å²) in [5.74, 6) is -0.950. The molecule has 1 spiro atoms. The number of piperidine rings is 1. The second-order valence-electron chi connectivity index (χ2n) is 6.93. The fourth-order valence-corrected chi connectivity index (χ4v) is 4.90. The zero-order chi connectivity index (χ0) is 18.5. The number of nitrogens with zero attached hydrogens (tertiary/aromatic N) is 3. The van der Waals surface area contributed by atoms with Crippen LogP contribution in [0.3, 0.4) is 0 Å². The van der Waals surface area contributed by atoms with Crippen LogP contribution in [0.1, 0.15) is 49.1 Å². The number of carbonyl (C=O) groups excluding carboxylic acids is 1. The summed E-state index contributed by atoms with van der Waals surface area (Å²) >= 11 is 1.35. The summed E-state index contributed by atoms with van der Waals surface area (Å²) < 4.78 is 7.84. The average molecular weight is 375 g/mol. The Morgan fingerprint density at radius 1 is 1.31 bits per heavy atom. The molecule has 2 aliphatic heterocycles. The monoisotopic (exact) mass is 375 g/mol. The molecule has 7 nitrogen and oxygen atoms in total. The Morgan fingerprint density at radius 3 is 2.65 bits per heavy atom. The van der Waals surface area contributed by atoms with Crippen molar-refractivity contribution in [3.05, 3.63) is 38.8 Å². The summed E-state index contributed by atoms with van der Waals surface area (Å²) in [5, 5.41) is 13.6. The number of ether oxygens (including phenoxy) is 1. The van der Waals surface area contributed by atoms with Crippen LogP contribution in [-0.4, -0.2) is 51.4 Å². The van der Waals surface area contributed by atoms with Gasteiger partial charge in [-0.05, 0) is 37.5 Å². The third kappa shape index (κ3) is 2.73. The summed E-state index contributed by atoms with van der Waals surface area (Å²) in [6, 6.07) is 3.57. The standard InChI is InChI=1S/C18H21N3O4S/c1-11-9-13(19-20(11)2)16(22)21-6-4-18(5-7-21)12-10-15(17(23)24)26-14(12)3-8-25-18/h9-10H,3-8H2,1-2H3,(H,23,24). The van der Waals surface area contributed by atoms with E-state index in [0.717, 1.165) is 22.6 Å². The number of aromatic nitrogens is 2. The number of aromatic carboxylic acids is 1. The van der Waals surface area contributed by atoms with E-state index >= 15 is 0 Å². The van der Waals surface area contributed by atoms with Gasteiger partial charge in [-0.2, -0.15) is 5.10 Å². The SMILES string of the molecule is Cc1cc(C(=O)N2CCC3(CC2)OCCc2sc(C(=O)O)cc23)nn1C. The van der Waals surface area contributed by atoms with Crippen LogP contribution in [0.4, 0.5) is 0 Å². The van der Waals surface area contributed by atoms with Gasteiger partial charge in [-0.3, -0.25) is 9.48 Å². The topological polar surface area (TPSA) is 84.7 Å². The molecule has 1 saturated heterocycles. The van der Waals surface area contributed by atoms with Crippen LogP contribution in [-0.2, 0) is 23.8 Å². The molecule has 0 saturated carbocycles. The Kier molecular flexibility index (Phi) is 4.11. The van der Waals surface area contributed by atoms with Gasteiger partial charge in [-0.25, -0.2) is 4.79 Å². The molecule has 0 atom stereocenters. The van der Waals surface area contributed by atoms with Crippen molar-refractivity contribution in [1.82, 2.24) is 14.7 Å². The van der Waals surface area contributed by atoms with Gasteiger partial charge in [0.1, 0.15) is 4.88 Å². The maximum absolute atomic E-state index is 12.7. The van der Waals surface area contributed by atoms with Crippen molar-refractivity contribution >= 4 is 23.2 Å². The average Bonchev–Trinajstić information content (AvgIpc) is 3.20. The summed E-state index contributed by atoms with van der Waals surface area (Å²) in [6.45, 7) is 3.67. The molecule has 1 amide bonds. The van der Waals surface area contributed by atoms with Crippen LogP contribution in [0, 0.1) is 6.92 Å². The van der Waals surface area contributed by atoms with E-state index in [1.807, 2.05) is 18.9 Å². The highest BCUT2D eigenvalue weighted by atomic mass is 32.1. The molecule has 2 aromatic heterocycles. The van der Waals surface area contributed by atoms with Gasteiger partial charge in [-0.1, -0.05) is 0 Å². The quantitative estimate of drug-likeness (QED) is 0.870. The first kappa shape index (κ1) is 17.2. The van der Waals surface area contributed by atoms with E-state index in [2.05, 4.69) is 5.10 Å². The third-order valence-electron chi connectivity index (χ3n) is 5.41. The number of rotatable bonds is 2. The molecule has 8 heteroatoms. The molecule has 1 N–H and O–H groups in total. The largest absolute Gasteiger partial charge is 0.477 e. The number of hydrogen-bond acceptors (Lipinski definition) is 5. The minimum Gasteiger partial charge on any atom is -0.477 e. The summed E-state index contributed by atoms with van der Waals surface area (Å²) in [6.07, 6.45) is 2.10. The smallest absolute Gasteiger partial charge is 0.345 e. The molecular weight excluding hydrogens is 354 g/mol. The normalized spacial score (nSPS) is 18.8. The molecule has 26 heavy (non-hydrogen) atoms. The van der Waals surface area contributed by atoms with Crippen molar-refractivity contribution in [1.29, 1.82) is 0 Å². The van der Waals surface area contributed by atoms with Crippen LogP contribution in [0.5, 0.6) is 0 Å². The summed E-state index contributed by atoms with van der Waals surface area (Å²) in [4.78, 5) is 27.3. The van der Waals surface area contributed by atoms with E-state index < -0.39 is 11.6 Å². The lowest BCUT2D eigenvalue weighted by Gasteiger charge is -2.43. The lowest BCUT2D eigenvalue weighted by Crippen LogP contribution is -2.48. The first-order valence-electron chi connectivity index (χ1n) is 8.70. The van der Waals surface area contributed by atoms with Crippen molar-refractivity contribution in [2.75, 3.05) is 19.7 Å². The van der Waals surface area contributed by atoms with E-state index in [0.29, 0.717) is 43.1 Å². The number of likely N-dealkylation sites (tertiary alicyclic amines) is 1. The number of carboxylic acid groups (broad SMARTS) is 1. The van der Waals surface area contributed by atoms with Crippen LogP contribution < -0.4 is 0 Å². The Labute approximate surface area is 155 Å². The highest BCUT2D eigenvalue weighted by Crippen LogP contribution is 2.44. The maximum atomic E-state index is 12.7. The Hall–Kier alpha value is -2.19. The second-order valence-corrected chi connectivity index (χ2v) is 8.07. The predicted octanol–water partition coefficient (Wildman–Crippen LogP) is 2.19. The molecule has 4 heterocycles. The van der Waals surface area contributed by atoms with Crippen molar-refractivity contribution in [2.24, 2.45) is 7.05 Å². The Balaban J connectivity index is 1.53. The fourth-order valence-electron chi connectivity index (χ4n) is 3.83. The molecule has 0 bridgehead atoms. The lowest BCUT2D eigenvalue weighted by atomic mass is 9.82. The van der Waals surface area contributed by atoms with Crippen molar-refractivity contribution in [3.8, 4) is 0 Å². The maximum Gasteiger partial charge on any atom is 0.345 e. The molecule has 138 valence electrons. The van der Waals surface area contributed by atoms with Crippen LogP contribution >= 0.6 is 11.3 Å². The summed E-state index contributed by atoms with van der Waals surface area (Å²) in [7, 11) is 1.82. The zero-order valence-electron chi connectivity index (χ0n) is 14.8. The summed E-state index contributed by atoms with van der Waals surface area (Å²) in [5.41, 5.74) is 1.96. The van der Waals surface area contributed by atoms with Crippen LogP contribution in [0.2, 0.25) is 0 Å². The molecule has 4 rings (SSSR count). The Bertz CT molecular complexity index is 858. The van der Waals surface area contributed by atoms with Crippen molar-refractivity contribution in [2.45, 2.75) is 31.8 Å². The van der Waals surface area contributed by atoms with Crippen molar-refractivity contribution < 1.29 is 19.4 Å². The first-order valence-corrected chi connectivity index (χ1v) is 9.52.